The van der Waals surface area contributed by atoms with E-state index >= 15 is 0 Å². The summed E-state index contributed by atoms with van der Waals surface area (Å²) in [4.78, 5) is 2.17. The lowest BCUT2D eigenvalue weighted by Crippen LogP contribution is -2.25. The second kappa shape index (κ2) is 6.51. The van der Waals surface area contributed by atoms with Crippen LogP contribution in [0.4, 0.5) is 0 Å². The molecule has 0 aliphatic rings. The van der Waals surface area contributed by atoms with Gasteiger partial charge in [-0.25, -0.2) is 0 Å². The molecule has 1 atom stereocenters. The molecule has 1 unspecified atom stereocenters. The number of ether oxygens (including phenoxy) is 1. The van der Waals surface area contributed by atoms with Gasteiger partial charge in [-0.2, -0.15) is 0 Å². The Balaban J connectivity index is 2.56. The fraction of sp³-hybridized carbons (Fsp3) is 0.538. The minimum Gasteiger partial charge on any atom is -0.476 e. The van der Waals surface area contributed by atoms with Crippen molar-refractivity contribution in [2.45, 2.75) is 26.0 Å². The SMILES string of the molecule is CCC(N)Oc1cccc(CCN(C)C)c1. The molecule has 0 aliphatic heterocycles. The van der Waals surface area contributed by atoms with Gasteiger partial charge in [-0.3, -0.25) is 5.73 Å². The Morgan fingerprint density at radius 2 is 2.12 bits per heavy atom. The molecule has 0 aromatic heterocycles. The topological polar surface area (TPSA) is 38.5 Å². The summed E-state index contributed by atoms with van der Waals surface area (Å²) in [7, 11) is 4.15. The highest BCUT2D eigenvalue weighted by Gasteiger charge is 2.02. The van der Waals surface area contributed by atoms with Gasteiger partial charge in [0.05, 0.1) is 0 Å². The summed E-state index contributed by atoms with van der Waals surface area (Å²) < 4.78 is 5.58. The number of benzene rings is 1. The molecule has 0 radical (unpaired) electrons. The van der Waals surface area contributed by atoms with Crippen molar-refractivity contribution in [1.29, 1.82) is 0 Å². The van der Waals surface area contributed by atoms with Gasteiger partial charge in [0, 0.05) is 6.54 Å². The van der Waals surface area contributed by atoms with Crippen molar-refractivity contribution in [3.05, 3.63) is 29.8 Å². The van der Waals surface area contributed by atoms with Gasteiger partial charge in [-0.1, -0.05) is 19.1 Å². The van der Waals surface area contributed by atoms with Crippen LogP contribution in [0, 0.1) is 0 Å². The number of likely N-dealkylation sites (N-methyl/N-ethyl adjacent to an activating group) is 1. The fourth-order valence-corrected chi connectivity index (χ4v) is 1.39. The lowest BCUT2D eigenvalue weighted by atomic mass is 10.1. The van der Waals surface area contributed by atoms with Crippen LogP contribution in [0.15, 0.2) is 24.3 Å². The third-order valence-corrected chi connectivity index (χ3v) is 2.44. The second-order valence-corrected chi connectivity index (χ2v) is 4.27. The zero-order valence-electron chi connectivity index (χ0n) is 10.4. The number of hydrogen-bond donors (Lipinski definition) is 1. The van der Waals surface area contributed by atoms with Gasteiger partial charge in [0.1, 0.15) is 12.0 Å². The number of nitrogens with zero attached hydrogens (tertiary/aromatic N) is 1. The highest BCUT2D eigenvalue weighted by atomic mass is 16.5. The van der Waals surface area contributed by atoms with E-state index in [4.69, 9.17) is 10.5 Å². The molecule has 1 rings (SSSR count). The minimum atomic E-state index is -0.205. The summed E-state index contributed by atoms with van der Waals surface area (Å²) >= 11 is 0. The summed E-state index contributed by atoms with van der Waals surface area (Å²) in [5.74, 6) is 0.866. The predicted molar refractivity (Wildman–Crippen MR) is 67.6 cm³/mol. The van der Waals surface area contributed by atoms with Gasteiger partial charge in [0.15, 0.2) is 0 Å². The maximum Gasteiger partial charge on any atom is 0.147 e. The monoisotopic (exact) mass is 222 g/mol. The quantitative estimate of drug-likeness (QED) is 0.747. The van der Waals surface area contributed by atoms with E-state index in [0.29, 0.717) is 0 Å². The van der Waals surface area contributed by atoms with Gasteiger partial charge in [-0.15, -0.1) is 0 Å². The van der Waals surface area contributed by atoms with Gasteiger partial charge in [0.2, 0.25) is 0 Å². The molecule has 1 aromatic rings. The Kier molecular flexibility index (Phi) is 5.29. The first kappa shape index (κ1) is 13.0. The standard InChI is InChI=1S/C13H22N2O/c1-4-13(14)16-12-7-5-6-11(10-12)8-9-15(2)3/h5-7,10,13H,4,8-9,14H2,1-3H3. The molecule has 16 heavy (non-hydrogen) atoms. The molecule has 0 aliphatic carbocycles. The molecule has 0 spiro atoms. The zero-order chi connectivity index (χ0) is 12.0. The molecule has 3 heteroatoms. The van der Waals surface area contributed by atoms with E-state index in [-0.39, 0.29) is 6.23 Å². The molecular formula is C13H22N2O. The Bertz CT molecular complexity index is 313. The molecule has 0 amide bonds. The Morgan fingerprint density at radius 1 is 1.38 bits per heavy atom. The highest BCUT2D eigenvalue weighted by molar-refractivity contribution is 5.28. The number of rotatable bonds is 6. The molecule has 0 fully saturated rings. The van der Waals surface area contributed by atoms with Crippen molar-refractivity contribution in [1.82, 2.24) is 4.90 Å². The lowest BCUT2D eigenvalue weighted by molar-refractivity contribution is 0.205. The van der Waals surface area contributed by atoms with Crippen LogP contribution < -0.4 is 10.5 Å². The summed E-state index contributed by atoms with van der Waals surface area (Å²) in [5.41, 5.74) is 7.03. The average molecular weight is 222 g/mol. The minimum absolute atomic E-state index is 0.205. The Labute approximate surface area is 98.2 Å². The highest BCUT2D eigenvalue weighted by Crippen LogP contribution is 2.15. The summed E-state index contributed by atoms with van der Waals surface area (Å²) in [6.45, 7) is 3.06. The lowest BCUT2D eigenvalue weighted by Gasteiger charge is -2.14. The third kappa shape index (κ3) is 4.64. The molecule has 0 saturated carbocycles. The van der Waals surface area contributed by atoms with Crippen molar-refractivity contribution in [3.63, 3.8) is 0 Å². The second-order valence-electron chi connectivity index (χ2n) is 4.27. The molecule has 1 aromatic carbocycles. The van der Waals surface area contributed by atoms with E-state index in [1.807, 2.05) is 19.1 Å². The van der Waals surface area contributed by atoms with Crippen LogP contribution in [0.5, 0.6) is 5.75 Å². The smallest absolute Gasteiger partial charge is 0.147 e. The van der Waals surface area contributed by atoms with Crippen molar-refractivity contribution >= 4 is 0 Å². The van der Waals surface area contributed by atoms with Crippen LogP contribution in [-0.2, 0) is 6.42 Å². The zero-order valence-corrected chi connectivity index (χ0v) is 10.4. The van der Waals surface area contributed by atoms with Gasteiger partial charge < -0.3 is 9.64 Å². The Hall–Kier alpha value is -1.06. The molecule has 0 saturated heterocycles. The van der Waals surface area contributed by atoms with Crippen molar-refractivity contribution in [2.24, 2.45) is 5.73 Å². The normalized spacial score (nSPS) is 12.8. The van der Waals surface area contributed by atoms with Gasteiger partial charge >= 0.3 is 0 Å². The Morgan fingerprint density at radius 3 is 2.75 bits per heavy atom. The first-order valence-corrected chi connectivity index (χ1v) is 5.77. The van der Waals surface area contributed by atoms with Crippen LogP contribution >= 0.6 is 0 Å². The summed E-state index contributed by atoms with van der Waals surface area (Å²) in [5, 5.41) is 0. The predicted octanol–water partition coefficient (Wildman–Crippen LogP) is 1.86. The van der Waals surface area contributed by atoms with Crippen LogP contribution in [0.25, 0.3) is 0 Å². The maximum atomic E-state index is 5.75. The molecule has 90 valence electrons. The first-order valence-electron chi connectivity index (χ1n) is 5.77. The maximum absolute atomic E-state index is 5.75. The fourth-order valence-electron chi connectivity index (χ4n) is 1.39. The molecule has 0 bridgehead atoms. The van der Waals surface area contributed by atoms with Crippen molar-refractivity contribution in [3.8, 4) is 5.75 Å². The van der Waals surface area contributed by atoms with E-state index < -0.39 is 0 Å². The van der Waals surface area contributed by atoms with Crippen LogP contribution in [0.3, 0.4) is 0 Å². The summed E-state index contributed by atoms with van der Waals surface area (Å²) in [6, 6.07) is 8.16. The molecule has 0 heterocycles. The van der Waals surface area contributed by atoms with Gasteiger partial charge in [-0.05, 0) is 44.6 Å². The largest absolute Gasteiger partial charge is 0.476 e. The third-order valence-electron chi connectivity index (χ3n) is 2.44. The number of hydrogen-bond acceptors (Lipinski definition) is 3. The molecular weight excluding hydrogens is 200 g/mol. The van der Waals surface area contributed by atoms with Crippen LogP contribution in [0.2, 0.25) is 0 Å². The van der Waals surface area contributed by atoms with E-state index in [9.17, 15) is 0 Å². The molecule has 3 nitrogen and oxygen atoms in total. The van der Waals surface area contributed by atoms with Crippen LogP contribution in [0.1, 0.15) is 18.9 Å². The van der Waals surface area contributed by atoms with Gasteiger partial charge in [0.25, 0.3) is 0 Å². The average Bonchev–Trinajstić information content (AvgIpc) is 2.26. The van der Waals surface area contributed by atoms with E-state index in [2.05, 4.69) is 31.1 Å². The van der Waals surface area contributed by atoms with E-state index in [0.717, 1.165) is 25.1 Å². The van der Waals surface area contributed by atoms with Crippen LogP contribution in [-0.4, -0.2) is 31.8 Å². The number of nitrogens with two attached hydrogens (primary N) is 1. The molecule has 2 N–H and O–H groups in total. The van der Waals surface area contributed by atoms with Crippen molar-refractivity contribution in [2.75, 3.05) is 20.6 Å². The van der Waals surface area contributed by atoms with E-state index in [1.54, 1.807) is 0 Å². The first-order chi connectivity index (χ1) is 7.61. The van der Waals surface area contributed by atoms with Crippen molar-refractivity contribution < 1.29 is 4.74 Å². The summed E-state index contributed by atoms with van der Waals surface area (Å²) in [6.07, 6.45) is 1.65. The van der Waals surface area contributed by atoms with E-state index in [1.165, 1.54) is 5.56 Å².